The van der Waals surface area contributed by atoms with Gasteiger partial charge in [-0.05, 0) is 18.6 Å². The van der Waals surface area contributed by atoms with Crippen LogP contribution in [0.25, 0.3) is 0 Å². The van der Waals surface area contributed by atoms with Crippen LogP contribution in [-0.2, 0) is 32.8 Å². The summed E-state index contributed by atoms with van der Waals surface area (Å²) in [6.07, 6.45) is 8.94. The molecule has 3 radical (unpaired) electrons. The molecule has 1 saturated carbocycles. The molecule has 3 nitrogen and oxygen atoms in total. The summed E-state index contributed by atoms with van der Waals surface area (Å²) in [6.45, 7) is 2.26. The molecule has 0 aromatic carbocycles. The number of methoxy groups -OCH3 is 2. The Balaban J connectivity index is -0.0000000983. The van der Waals surface area contributed by atoms with Crippen LogP contribution in [0.4, 0.5) is 0 Å². The van der Waals surface area contributed by atoms with E-state index in [4.69, 9.17) is 12.6 Å². The van der Waals surface area contributed by atoms with Gasteiger partial charge in [0.1, 0.15) is 0 Å². The Morgan fingerprint density at radius 2 is 1.84 bits per heavy atom. The van der Waals surface area contributed by atoms with Crippen LogP contribution in [0.1, 0.15) is 26.2 Å². The molecule has 0 aromatic heterocycles. The van der Waals surface area contributed by atoms with Crippen molar-refractivity contribution >= 4 is 25.6 Å². The fraction of sp³-hybridized carbons (Fsp3) is 0.769. The molecule has 0 spiro atoms. The van der Waals surface area contributed by atoms with Crippen LogP contribution in [0, 0.1) is 19.6 Å². The van der Waals surface area contributed by atoms with Crippen LogP contribution in [0.5, 0.6) is 0 Å². The third-order valence-electron chi connectivity index (χ3n) is 2.27. The molecule has 1 fully saturated rings. The van der Waals surface area contributed by atoms with E-state index >= 15 is 0 Å². The van der Waals surface area contributed by atoms with E-state index in [9.17, 15) is 4.79 Å². The molecule has 111 valence electrons. The summed E-state index contributed by atoms with van der Waals surface area (Å²) >= 11 is 1.50. The van der Waals surface area contributed by atoms with E-state index in [2.05, 4.69) is 11.0 Å². The Kier molecular flexibility index (Phi) is 30.3. The molecule has 1 aliphatic rings. The molecule has 1 rings (SSSR count). The molecule has 2 unspecified atom stereocenters. The topological polar surface area (TPSA) is 35.5 Å². The number of hydrogen-bond acceptors (Lipinski definition) is 4. The van der Waals surface area contributed by atoms with E-state index in [1.54, 1.807) is 7.11 Å². The first-order valence-corrected chi connectivity index (χ1v) is 6.98. The monoisotopic (exact) mass is 325 g/mol. The van der Waals surface area contributed by atoms with Crippen molar-refractivity contribution in [2.45, 2.75) is 32.0 Å². The van der Waals surface area contributed by atoms with Gasteiger partial charge < -0.3 is 28.7 Å². The first kappa shape index (κ1) is 27.7. The van der Waals surface area contributed by atoms with Gasteiger partial charge in [0.2, 0.25) is 0 Å². The minimum atomic E-state index is -0.245. The summed E-state index contributed by atoms with van der Waals surface area (Å²) < 4.78 is 9.13. The van der Waals surface area contributed by atoms with Crippen molar-refractivity contribution in [2.75, 3.05) is 27.1 Å². The molecule has 0 amide bonds. The molecule has 0 aromatic rings. The molecule has 1 aliphatic carbocycles. The van der Waals surface area contributed by atoms with Gasteiger partial charge in [0.05, 0.1) is 15.0 Å². The number of esters is 1. The van der Waals surface area contributed by atoms with Gasteiger partial charge in [0.15, 0.2) is 0 Å². The van der Waals surface area contributed by atoms with Crippen molar-refractivity contribution in [3.05, 3.63) is 13.7 Å². The third-order valence-corrected chi connectivity index (χ3v) is 2.27. The molecule has 2 atom stereocenters. The molecule has 0 heterocycles. The third kappa shape index (κ3) is 23.9. The van der Waals surface area contributed by atoms with E-state index in [-0.39, 0.29) is 32.0 Å². The minimum absolute atomic E-state index is 0. The molecule has 6 heteroatoms. The van der Waals surface area contributed by atoms with E-state index in [0.29, 0.717) is 5.82 Å². The zero-order chi connectivity index (χ0) is 13.7. The Morgan fingerprint density at radius 3 is 2.05 bits per heavy atom. The van der Waals surface area contributed by atoms with E-state index in [1.165, 1.54) is 38.6 Å². The number of thioether (sulfide) groups is 1. The van der Waals surface area contributed by atoms with Gasteiger partial charge in [-0.2, -0.15) is 0 Å². The number of carbonyl (C=O) groups excluding carboxylic acids is 1. The van der Waals surface area contributed by atoms with Crippen LogP contribution in [-0.4, -0.2) is 40.9 Å². The predicted molar refractivity (Wildman–Crippen MR) is 81.7 cm³/mol. The number of hydrogen-bond donors (Lipinski definition) is 0. The van der Waals surface area contributed by atoms with Crippen molar-refractivity contribution in [3.8, 4) is 0 Å². The summed E-state index contributed by atoms with van der Waals surface area (Å²) in [5.41, 5.74) is 0. The van der Waals surface area contributed by atoms with E-state index in [0.717, 1.165) is 18.9 Å². The Labute approximate surface area is 137 Å². The normalized spacial score (nSPS) is 19.4. The van der Waals surface area contributed by atoms with Crippen molar-refractivity contribution < 1.29 is 32.8 Å². The second kappa shape index (κ2) is 20.7. The second-order valence-corrected chi connectivity index (χ2v) is 4.46. The Hall–Kier alpha value is 0.429. The quantitative estimate of drug-likeness (QED) is 0.444. The molecule has 0 bridgehead atoms. The predicted octanol–water partition coefficient (Wildman–Crippen LogP) is 3.16. The number of ether oxygens (including phenoxy) is 2. The van der Waals surface area contributed by atoms with Gasteiger partial charge in [-0.15, -0.1) is 0 Å². The van der Waals surface area contributed by atoms with Gasteiger partial charge in [-0.1, -0.05) is 18.7 Å². The average molecular weight is 325 g/mol. The van der Waals surface area contributed by atoms with Crippen LogP contribution in [0.2, 0.25) is 5.82 Å². The molecular weight excluding hydrogens is 298 g/mol. The maximum absolute atomic E-state index is 9.59. The largest absolute Gasteiger partial charge is 2.00 e. The summed E-state index contributed by atoms with van der Waals surface area (Å²) in [4.78, 5) is 9.59. The zero-order valence-electron chi connectivity index (χ0n) is 12.8. The van der Waals surface area contributed by atoms with Crippen LogP contribution in [0.3, 0.4) is 0 Å². The molecule has 0 N–H and O–H groups in total. The summed E-state index contributed by atoms with van der Waals surface area (Å²) in [5.74, 6) is 0.945. The number of carbonyl (C=O) groups is 1. The van der Waals surface area contributed by atoms with Crippen molar-refractivity contribution in [2.24, 2.45) is 5.92 Å². The van der Waals surface area contributed by atoms with Gasteiger partial charge in [-0.25, -0.2) is 0 Å². The molecule has 19 heavy (non-hydrogen) atoms. The summed E-state index contributed by atoms with van der Waals surface area (Å²) in [5, 5.41) is 0. The maximum Gasteiger partial charge on any atom is 2.00 e. The zero-order valence-corrected chi connectivity index (χ0v) is 15.1. The molecule has 0 saturated heterocycles. The summed E-state index contributed by atoms with van der Waals surface area (Å²) in [7, 11) is 8.80. The SMILES string of the molecule is COC(C)=O.[B]C1CCC(COC)C1.[CH2-]SC.[CH3-].[V+2]. The van der Waals surface area contributed by atoms with Crippen LogP contribution >= 0.6 is 11.8 Å². The van der Waals surface area contributed by atoms with E-state index in [1.807, 2.05) is 6.26 Å². The van der Waals surface area contributed by atoms with Gasteiger partial charge >= 0.3 is 24.5 Å². The minimum Gasteiger partial charge on any atom is -0.469 e. The first-order valence-electron chi connectivity index (χ1n) is 5.58. The van der Waals surface area contributed by atoms with Gasteiger partial charge in [0.25, 0.3) is 0 Å². The fourth-order valence-corrected chi connectivity index (χ4v) is 1.50. The van der Waals surface area contributed by atoms with Gasteiger partial charge in [-0.3, -0.25) is 11.1 Å². The Bertz CT molecular complexity index is 183. The van der Waals surface area contributed by atoms with Crippen LogP contribution < -0.4 is 0 Å². The van der Waals surface area contributed by atoms with E-state index < -0.39 is 0 Å². The van der Waals surface area contributed by atoms with Crippen molar-refractivity contribution in [1.29, 1.82) is 0 Å². The first-order chi connectivity index (χ1) is 8.01. The maximum atomic E-state index is 9.59. The van der Waals surface area contributed by atoms with Gasteiger partial charge in [0, 0.05) is 20.6 Å². The fourth-order valence-electron chi connectivity index (χ4n) is 1.50. The second-order valence-electron chi connectivity index (χ2n) is 3.88. The van der Waals surface area contributed by atoms with Crippen molar-refractivity contribution in [1.82, 2.24) is 0 Å². The molecule has 0 aliphatic heterocycles. The Morgan fingerprint density at radius 1 is 1.42 bits per heavy atom. The van der Waals surface area contributed by atoms with Crippen molar-refractivity contribution in [3.63, 3.8) is 0 Å². The smallest absolute Gasteiger partial charge is 0.469 e. The standard InChI is InChI=1S/C7H13BO.C3H6O2.C2H5S.CH3.V/c1-9-5-6-2-3-7(8)4-6;1-3(4)5-2;1-3-2;;/h6-7H,2-5H2,1H3;1-2H3;1H2,2H3;1H3;/q;;2*-1;+2. The van der Waals surface area contributed by atoms with Crippen LogP contribution in [0.15, 0.2) is 0 Å². The molecular formula is C13H27BO3SV. The average Bonchev–Trinajstić information content (AvgIpc) is 2.67. The number of rotatable bonds is 2. The summed E-state index contributed by atoms with van der Waals surface area (Å²) in [6, 6.07) is 0.